The van der Waals surface area contributed by atoms with E-state index >= 15 is 0 Å². The van der Waals surface area contributed by atoms with Crippen LogP contribution in [0.2, 0.25) is 0 Å². The monoisotopic (exact) mass is 421 g/mol. The molecule has 4 amide bonds. The van der Waals surface area contributed by atoms with Gasteiger partial charge in [0.25, 0.3) is 0 Å². The second-order valence-corrected chi connectivity index (χ2v) is 9.92. The van der Waals surface area contributed by atoms with E-state index in [1.165, 1.54) is 11.3 Å². The van der Waals surface area contributed by atoms with Crippen molar-refractivity contribution in [1.82, 2.24) is 19.7 Å². The first kappa shape index (κ1) is 21.5. The van der Waals surface area contributed by atoms with E-state index in [4.69, 9.17) is 0 Å². The fraction of sp³-hybridized carbons (Fsp3) is 0.700. The molecule has 9 heteroatoms. The Kier molecular flexibility index (Phi) is 6.45. The summed E-state index contributed by atoms with van der Waals surface area (Å²) in [6.07, 6.45) is 3.60. The Labute approximate surface area is 176 Å². The molecule has 3 rings (SSSR count). The van der Waals surface area contributed by atoms with E-state index < -0.39 is 0 Å². The van der Waals surface area contributed by atoms with Crippen LogP contribution in [0, 0.1) is 5.92 Å². The molecule has 3 heterocycles. The normalized spacial score (nSPS) is 21.2. The zero-order chi connectivity index (χ0) is 21.2. The molecule has 0 aromatic carbocycles. The van der Waals surface area contributed by atoms with Gasteiger partial charge in [0, 0.05) is 57.3 Å². The van der Waals surface area contributed by atoms with Gasteiger partial charge in [0.1, 0.15) is 0 Å². The van der Waals surface area contributed by atoms with Gasteiger partial charge in [-0.2, -0.15) is 0 Å². The lowest BCUT2D eigenvalue weighted by Gasteiger charge is -2.32. The molecule has 2 aliphatic rings. The maximum absolute atomic E-state index is 12.9. The van der Waals surface area contributed by atoms with Crippen LogP contribution in [0.1, 0.15) is 44.9 Å². The molecule has 1 aromatic heterocycles. The van der Waals surface area contributed by atoms with Gasteiger partial charge in [0.05, 0.1) is 5.92 Å². The molecule has 2 aliphatic heterocycles. The van der Waals surface area contributed by atoms with Gasteiger partial charge in [-0.15, -0.1) is 11.3 Å². The number of hydrogen-bond donors (Lipinski definition) is 1. The highest BCUT2D eigenvalue weighted by molar-refractivity contribution is 7.15. The summed E-state index contributed by atoms with van der Waals surface area (Å²) in [6, 6.07) is -0.169. The Hall–Kier alpha value is -2.16. The first-order chi connectivity index (χ1) is 13.6. The van der Waals surface area contributed by atoms with E-state index in [1.54, 1.807) is 16.8 Å². The Bertz CT molecular complexity index is 772. The molecular weight excluding hydrogens is 390 g/mol. The Morgan fingerprint density at radius 2 is 1.86 bits per heavy atom. The van der Waals surface area contributed by atoms with E-state index in [-0.39, 0.29) is 29.2 Å². The van der Waals surface area contributed by atoms with Crippen LogP contribution in [0.3, 0.4) is 0 Å². The number of thiazole rings is 1. The number of hydrogen-bond acceptors (Lipinski definition) is 5. The van der Waals surface area contributed by atoms with Crippen molar-refractivity contribution < 1.29 is 14.4 Å². The number of aromatic nitrogens is 1. The average molecular weight is 422 g/mol. The number of rotatable bonds is 2. The van der Waals surface area contributed by atoms with Crippen molar-refractivity contribution in [1.29, 1.82) is 0 Å². The summed E-state index contributed by atoms with van der Waals surface area (Å²) in [7, 11) is 1.75. The van der Waals surface area contributed by atoms with Gasteiger partial charge in [0.15, 0.2) is 5.13 Å². The summed E-state index contributed by atoms with van der Waals surface area (Å²) < 4.78 is 0. The van der Waals surface area contributed by atoms with Gasteiger partial charge < -0.3 is 14.7 Å². The van der Waals surface area contributed by atoms with Crippen molar-refractivity contribution in [3.63, 3.8) is 0 Å². The first-order valence-electron chi connectivity index (χ1n) is 10.2. The molecule has 1 atom stereocenters. The highest BCUT2D eigenvalue weighted by Crippen LogP contribution is 2.30. The van der Waals surface area contributed by atoms with Crippen LogP contribution in [0.25, 0.3) is 0 Å². The van der Waals surface area contributed by atoms with Crippen LogP contribution in [-0.4, -0.2) is 77.3 Å². The second-order valence-electron chi connectivity index (χ2n) is 8.89. The summed E-state index contributed by atoms with van der Waals surface area (Å²) >= 11 is 1.50. The molecule has 0 aliphatic carbocycles. The Balaban J connectivity index is 1.54. The molecule has 160 valence electrons. The fourth-order valence-corrected chi connectivity index (χ4v) is 4.53. The third kappa shape index (κ3) is 5.26. The molecule has 8 nitrogen and oxygen atoms in total. The van der Waals surface area contributed by atoms with Gasteiger partial charge in [-0.1, -0.05) is 20.8 Å². The van der Waals surface area contributed by atoms with E-state index in [2.05, 4.69) is 31.1 Å². The van der Waals surface area contributed by atoms with Crippen molar-refractivity contribution in [2.45, 2.75) is 45.4 Å². The van der Waals surface area contributed by atoms with Crippen LogP contribution in [-0.2, 0) is 15.0 Å². The summed E-state index contributed by atoms with van der Waals surface area (Å²) in [5.74, 6) is 0.0649. The van der Waals surface area contributed by atoms with Crippen molar-refractivity contribution >= 4 is 34.3 Å². The van der Waals surface area contributed by atoms with E-state index in [0.29, 0.717) is 50.7 Å². The molecule has 1 aromatic rings. The van der Waals surface area contributed by atoms with E-state index in [9.17, 15) is 14.4 Å². The Morgan fingerprint density at radius 1 is 1.17 bits per heavy atom. The molecule has 0 bridgehead atoms. The van der Waals surface area contributed by atoms with Crippen molar-refractivity contribution in [2.75, 3.05) is 45.1 Å². The van der Waals surface area contributed by atoms with E-state index in [0.717, 1.165) is 11.3 Å². The minimum absolute atomic E-state index is 0.00190. The zero-order valence-electron chi connectivity index (χ0n) is 17.7. The largest absolute Gasteiger partial charge is 0.345 e. The summed E-state index contributed by atoms with van der Waals surface area (Å²) in [4.78, 5) is 47.9. The lowest BCUT2D eigenvalue weighted by Crippen LogP contribution is -2.46. The molecule has 0 spiro atoms. The standard InChI is InChI=1S/C20H31N5O3S/c1-20(2,3)15-12-21-18(29-15)22-19(28)25-9-5-8-24(10-11-25)17(27)14-6-7-16(26)23(4)13-14/h12,14H,5-11,13H2,1-4H3,(H,21,22,28). The lowest BCUT2D eigenvalue weighted by atomic mass is 9.96. The topological polar surface area (TPSA) is 85.8 Å². The SMILES string of the molecule is CN1CC(C(=O)N2CCCN(C(=O)Nc3ncc(C(C)(C)C)s3)CC2)CCC1=O. The predicted molar refractivity (Wildman–Crippen MR) is 113 cm³/mol. The van der Waals surface area contributed by atoms with Crippen LogP contribution in [0.5, 0.6) is 0 Å². The summed E-state index contributed by atoms with van der Waals surface area (Å²) in [5, 5.41) is 3.50. The van der Waals surface area contributed by atoms with Crippen LogP contribution in [0.15, 0.2) is 6.20 Å². The zero-order valence-corrected chi connectivity index (χ0v) is 18.5. The molecule has 0 radical (unpaired) electrons. The third-order valence-corrected chi connectivity index (χ3v) is 6.87. The number of anilines is 1. The quantitative estimate of drug-likeness (QED) is 0.794. The fourth-order valence-electron chi connectivity index (χ4n) is 3.66. The van der Waals surface area contributed by atoms with Crippen LogP contribution in [0.4, 0.5) is 9.93 Å². The van der Waals surface area contributed by atoms with Gasteiger partial charge in [0.2, 0.25) is 11.8 Å². The van der Waals surface area contributed by atoms with Gasteiger partial charge in [-0.3, -0.25) is 14.9 Å². The number of carbonyl (C=O) groups is 3. The molecule has 29 heavy (non-hydrogen) atoms. The average Bonchev–Trinajstić information content (AvgIpc) is 2.99. The maximum atomic E-state index is 12.9. The number of piperidine rings is 1. The number of nitrogens with zero attached hydrogens (tertiary/aromatic N) is 4. The maximum Gasteiger partial charge on any atom is 0.323 e. The molecule has 2 fully saturated rings. The van der Waals surface area contributed by atoms with Gasteiger partial charge >= 0.3 is 6.03 Å². The minimum atomic E-state index is -0.169. The van der Waals surface area contributed by atoms with E-state index in [1.807, 2.05) is 11.1 Å². The van der Waals surface area contributed by atoms with Crippen LogP contribution < -0.4 is 5.32 Å². The smallest absolute Gasteiger partial charge is 0.323 e. The Morgan fingerprint density at radius 3 is 2.52 bits per heavy atom. The summed E-state index contributed by atoms with van der Waals surface area (Å²) in [5.41, 5.74) is 0.00190. The lowest BCUT2D eigenvalue weighted by molar-refractivity contribution is -0.142. The number of likely N-dealkylation sites (tertiary alicyclic amines) is 1. The molecular formula is C20H31N5O3S. The van der Waals surface area contributed by atoms with Crippen molar-refractivity contribution in [3.05, 3.63) is 11.1 Å². The number of nitrogens with one attached hydrogen (secondary N) is 1. The van der Waals surface area contributed by atoms with Gasteiger partial charge in [-0.25, -0.2) is 9.78 Å². The second kappa shape index (κ2) is 8.69. The minimum Gasteiger partial charge on any atom is -0.345 e. The number of amides is 4. The number of urea groups is 1. The molecule has 1 N–H and O–H groups in total. The molecule has 2 saturated heterocycles. The molecule has 0 saturated carbocycles. The third-order valence-electron chi connectivity index (χ3n) is 5.53. The van der Waals surface area contributed by atoms with Crippen molar-refractivity contribution in [3.8, 4) is 0 Å². The van der Waals surface area contributed by atoms with Gasteiger partial charge in [-0.05, 0) is 18.3 Å². The number of carbonyl (C=O) groups excluding carboxylic acids is 3. The van der Waals surface area contributed by atoms with Crippen LogP contribution >= 0.6 is 11.3 Å². The molecule has 1 unspecified atom stereocenters. The first-order valence-corrected chi connectivity index (χ1v) is 11.0. The highest BCUT2D eigenvalue weighted by Gasteiger charge is 2.32. The summed E-state index contributed by atoms with van der Waals surface area (Å²) in [6.45, 7) is 9.10. The van der Waals surface area contributed by atoms with Crippen molar-refractivity contribution in [2.24, 2.45) is 5.92 Å². The highest BCUT2D eigenvalue weighted by atomic mass is 32.1. The predicted octanol–water partition coefficient (Wildman–Crippen LogP) is 2.38.